The summed E-state index contributed by atoms with van der Waals surface area (Å²) in [5.74, 6) is 1.08. The second-order valence-electron chi connectivity index (χ2n) is 6.66. The van der Waals surface area contributed by atoms with Crippen LogP contribution in [-0.2, 0) is 4.74 Å². The summed E-state index contributed by atoms with van der Waals surface area (Å²) >= 11 is 0. The number of rotatable bonds is 4. The lowest BCUT2D eigenvalue weighted by Gasteiger charge is -2.28. The van der Waals surface area contributed by atoms with E-state index < -0.39 is 11.7 Å². The molecule has 0 bridgehead atoms. The minimum Gasteiger partial charge on any atom is -0.504 e. The first-order valence-electron chi connectivity index (χ1n) is 8.27. The van der Waals surface area contributed by atoms with Gasteiger partial charge in [0.15, 0.2) is 11.5 Å². The van der Waals surface area contributed by atoms with Gasteiger partial charge in [-0.25, -0.2) is 0 Å². The minimum absolute atomic E-state index is 0.0790. The quantitative estimate of drug-likeness (QED) is 0.887. The first-order chi connectivity index (χ1) is 11.9. The number of phenols is 1. The zero-order valence-electron chi connectivity index (χ0n) is 14.9. The van der Waals surface area contributed by atoms with Gasteiger partial charge in [0.25, 0.3) is 0 Å². The highest BCUT2D eigenvalue weighted by Crippen LogP contribution is 2.52. The zero-order valence-corrected chi connectivity index (χ0v) is 14.9. The highest BCUT2D eigenvalue weighted by Gasteiger charge is 2.51. The molecule has 0 saturated carbocycles. The molecule has 1 heterocycles. The highest BCUT2D eigenvalue weighted by molar-refractivity contribution is 5.43. The third-order valence-corrected chi connectivity index (χ3v) is 5.14. The predicted octanol–water partition coefficient (Wildman–Crippen LogP) is 3.61. The minimum atomic E-state index is -1.04. The first kappa shape index (κ1) is 17.6. The van der Waals surface area contributed by atoms with Crippen molar-refractivity contribution in [3.05, 3.63) is 53.6 Å². The largest absolute Gasteiger partial charge is 0.504 e. The lowest BCUT2D eigenvalue weighted by Crippen LogP contribution is -2.34. The summed E-state index contributed by atoms with van der Waals surface area (Å²) in [5, 5.41) is 20.9. The molecule has 1 aliphatic heterocycles. The van der Waals surface area contributed by atoms with E-state index in [9.17, 15) is 10.2 Å². The van der Waals surface area contributed by atoms with Gasteiger partial charge in [-0.1, -0.05) is 25.1 Å². The number of methoxy groups -OCH3 is 2. The fraction of sp³-hybridized carbons (Fsp3) is 0.400. The number of aliphatic hydroxyl groups is 1. The number of aromatic hydroxyl groups is 1. The molecule has 0 spiro atoms. The molecule has 2 aromatic rings. The van der Waals surface area contributed by atoms with Gasteiger partial charge in [-0.3, -0.25) is 0 Å². The number of hydrogen-bond donors (Lipinski definition) is 2. The van der Waals surface area contributed by atoms with Crippen molar-refractivity contribution in [3.8, 4) is 17.2 Å². The SMILES string of the molecule is COc1ccc([C@H]2O[C@@H](c3ccc(O)c(OC)c3)[C@@H](C)[C@]2(C)O)cc1. The van der Waals surface area contributed by atoms with Crippen molar-refractivity contribution in [2.24, 2.45) is 5.92 Å². The second-order valence-corrected chi connectivity index (χ2v) is 6.66. The Morgan fingerprint density at radius 2 is 1.64 bits per heavy atom. The molecule has 0 aliphatic carbocycles. The van der Waals surface area contributed by atoms with Crippen molar-refractivity contribution in [1.29, 1.82) is 0 Å². The van der Waals surface area contributed by atoms with Crippen LogP contribution >= 0.6 is 0 Å². The van der Waals surface area contributed by atoms with Crippen LogP contribution in [-0.4, -0.2) is 30.0 Å². The molecule has 2 N–H and O–H groups in total. The highest BCUT2D eigenvalue weighted by atomic mass is 16.5. The summed E-state index contributed by atoms with van der Waals surface area (Å²) < 4.78 is 16.6. The third kappa shape index (κ3) is 3.05. The molecule has 5 heteroatoms. The van der Waals surface area contributed by atoms with Gasteiger partial charge in [-0.05, 0) is 42.3 Å². The van der Waals surface area contributed by atoms with E-state index >= 15 is 0 Å². The Labute approximate surface area is 147 Å². The number of ether oxygens (including phenoxy) is 3. The summed E-state index contributed by atoms with van der Waals surface area (Å²) in [6, 6.07) is 12.7. The average molecular weight is 344 g/mol. The Morgan fingerprint density at radius 1 is 1.00 bits per heavy atom. The van der Waals surface area contributed by atoms with Crippen LogP contribution in [0.15, 0.2) is 42.5 Å². The molecule has 134 valence electrons. The lowest BCUT2D eigenvalue weighted by atomic mass is 9.81. The second kappa shape index (κ2) is 6.58. The Balaban J connectivity index is 1.93. The van der Waals surface area contributed by atoms with Gasteiger partial charge in [0.2, 0.25) is 0 Å². The molecule has 4 atom stereocenters. The van der Waals surface area contributed by atoms with Crippen LogP contribution < -0.4 is 9.47 Å². The average Bonchev–Trinajstić information content (AvgIpc) is 2.86. The first-order valence-corrected chi connectivity index (χ1v) is 8.27. The fourth-order valence-corrected chi connectivity index (χ4v) is 3.38. The van der Waals surface area contributed by atoms with E-state index in [1.807, 2.05) is 31.2 Å². The molecule has 1 saturated heterocycles. The summed E-state index contributed by atoms with van der Waals surface area (Å²) in [7, 11) is 3.13. The van der Waals surface area contributed by atoms with Crippen molar-refractivity contribution in [2.75, 3.05) is 14.2 Å². The third-order valence-electron chi connectivity index (χ3n) is 5.14. The van der Waals surface area contributed by atoms with Crippen LogP contribution in [0.5, 0.6) is 17.2 Å². The van der Waals surface area contributed by atoms with Crippen LogP contribution in [0.25, 0.3) is 0 Å². The molecule has 25 heavy (non-hydrogen) atoms. The van der Waals surface area contributed by atoms with Crippen LogP contribution in [0, 0.1) is 5.92 Å². The monoisotopic (exact) mass is 344 g/mol. The Kier molecular flexibility index (Phi) is 4.62. The van der Waals surface area contributed by atoms with E-state index in [0.717, 1.165) is 16.9 Å². The van der Waals surface area contributed by atoms with E-state index in [1.165, 1.54) is 7.11 Å². The van der Waals surface area contributed by atoms with E-state index in [4.69, 9.17) is 14.2 Å². The van der Waals surface area contributed by atoms with Crippen molar-refractivity contribution in [1.82, 2.24) is 0 Å². The van der Waals surface area contributed by atoms with Crippen LogP contribution in [0.2, 0.25) is 0 Å². The molecule has 2 aromatic carbocycles. The van der Waals surface area contributed by atoms with Crippen molar-refractivity contribution in [3.63, 3.8) is 0 Å². The molecule has 1 aliphatic rings. The molecule has 0 aromatic heterocycles. The van der Waals surface area contributed by atoms with E-state index in [0.29, 0.717) is 5.75 Å². The smallest absolute Gasteiger partial charge is 0.160 e. The molecular formula is C20H24O5. The molecule has 5 nitrogen and oxygen atoms in total. The fourth-order valence-electron chi connectivity index (χ4n) is 3.38. The van der Waals surface area contributed by atoms with Gasteiger partial charge in [-0.2, -0.15) is 0 Å². The lowest BCUT2D eigenvalue weighted by molar-refractivity contribution is -0.0444. The molecular weight excluding hydrogens is 320 g/mol. The maximum absolute atomic E-state index is 11.1. The molecule has 0 amide bonds. The van der Waals surface area contributed by atoms with E-state index in [-0.39, 0.29) is 17.8 Å². The standard InChI is InChI=1S/C20H24O5/c1-12-18(14-7-10-16(21)17(11-14)24-4)25-19(20(12,2)22)13-5-8-15(23-3)9-6-13/h5-12,18-19,21-22H,1-4H3/t12-,18-,19-,20+/m1/s1. The summed E-state index contributed by atoms with van der Waals surface area (Å²) in [4.78, 5) is 0. The normalized spacial score (nSPS) is 28.8. The van der Waals surface area contributed by atoms with Gasteiger partial charge < -0.3 is 24.4 Å². The molecule has 0 radical (unpaired) electrons. The molecule has 1 fully saturated rings. The maximum Gasteiger partial charge on any atom is 0.160 e. The van der Waals surface area contributed by atoms with Crippen molar-refractivity contribution >= 4 is 0 Å². The predicted molar refractivity (Wildman–Crippen MR) is 94.0 cm³/mol. The van der Waals surface area contributed by atoms with Crippen molar-refractivity contribution in [2.45, 2.75) is 31.7 Å². The maximum atomic E-state index is 11.1. The van der Waals surface area contributed by atoms with E-state index in [2.05, 4.69) is 0 Å². The number of hydrogen-bond acceptors (Lipinski definition) is 5. The number of phenolic OH excluding ortho intramolecular Hbond substituents is 1. The van der Waals surface area contributed by atoms with Gasteiger partial charge in [0.05, 0.1) is 25.9 Å². The van der Waals surface area contributed by atoms with Gasteiger partial charge in [0, 0.05) is 5.92 Å². The summed E-state index contributed by atoms with van der Waals surface area (Å²) in [5.41, 5.74) is 0.717. The Morgan fingerprint density at radius 3 is 2.24 bits per heavy atom. The number of benzene rings is 2. The van der Waals surface area contributed by atoms with Gasteiger partial charge in [0.1, 0.15) is 11.9 Å². The summed E-state index contributed by atoms with van der Waals surface area (Å²) in [6.07, 6.45) is -0.769. The molecule has 3 rings (SSSR count). The van der Waals surface area contributed by atoms with Crippen molar-refractivity contribution < 1.29 is 24.4 Å². The van der Waals surface area contributed by atoms with Gasteiger partial charge >= 0.3 is 0 Å². The Hall–Kier alpha value is -2.24. The van der Waals surface area contributed by atoms with Crippen LogP contribution in [0.1, 0.15) is 37.2 Å². The topological polar surface area (TPSA) is 68.2 Å². The Bertz CT molecular complexity index is 738. The van der Waals surface area contributed by atoms with Crippen LogP contribution in [0.4, 0.5) is 0 Å². The summed E-state index contributed by atoms with van der Waals surface area (Å²) in [6.45, 7) is 3.76. The zero-order chi connectivity index (χ0) is 18.2. The van der Waals surface area contributed by atoms with E-state index in [1.54, 1.807) is 32.2 Å². The van der Waals surface area contributed by atoms with Gasteiger partial charge in [-0.15, -0.1) is 0 Å². The molecule has 0 unspecified atom stereocenters. The van der Waals surface area contributed by atoms with Crippen LogP contribution in [0.3, 0.4) is 0 Å².